The number of guanidine groups is 1. The van der Waals surface area contributed by atoms with E-state index in [1.165, 1.54) is 0 Å². The Morgan fingerprint density at radius 3 is 2.88 bits per heavy atom. The van der Waals surface area contributed by atoms with Gasteiger partial charge in [-0.25, -0.2) is 4.99 Å². The number of aryl methyl sites for hydroxylation is 1. The number of hydrogen-bond acceptors (Lipinski definition) is 5. The zero-order chi connectivity index (χ0) is 17.5. The molecule has 0 spiro atoms. The van der Waals surface area contributed by atoms with Crippen molar-refractivity contribution in [2.24, 2.45) is 16.6 Å². The van der Waals surface area contributed by atoms with Gasteiger partial charge in [0.25, 0.3) is 0 Å². The number of rotatable bonds is 3. The number of esters is 1. The van der Waals surface area contributed by atoms with Gasteiger partial charge in [0.15, 0.2) is 12.2 Å². The standard InChI is InChI=1S/C17H21N3O4/c1-9-6-10-7-11(4-5-13(10)23-9)19-16(18)20-15(22)12-8-14(21)24-17(12,2)3/h4-7,12,15,22H,8H2,1-3H3,(H3,18,19,20). The number of nitrogens with zero attached hydrogens (tertiary/aromatic N) is 1. The highest BCUT2D eigenvalue weighted by molar-refractivity contribution is 5.94. The molecule has 24 heavy (non-hydrogen) atoms. The number of carbonyl (C=O) groups is 1. The molecular weight excluding hydrogens is 310 g/mol. The first-order chi connectivity index (χ1) is 11.2. The summed E-state index contributed by atoms with van der Waals surface area (Å²) in [5.74, 6) is 0.112. The molecule has 0 saturated carbocycles. The van der Waals surface area contributed by atoms with E-state index in [1.54, 1.807) is 13.8 Å². The molecule has 1 aromatic heterocycles. The molecular formula is C17H21N3O4. The number of nitrogens with two attached hydrogens (primary N) is 1. The summed E-state index contributed by atoms with van der Waals surface area (Å²) in [5, 5.41) is 14.2. The SMILES string of the molecule is Cc1cc2cc(NC(N)=NC(O)C3CC(=O)OC3(C)C)ccc2o1. The largest absolute Gasteiger partial charge is 0.461 e. The molecule has 2 heterocycles. The van der Waals surface area contributed by atoms with Crippen molar-refractivity contribution in [2.75, 3.05) is 5.32 Å². The van der Waals surface area contributed by atoms with Crippen LogP contribution in [0, 0.1) is 12.8 Å². The van der Waals surface area contributed by atoms with Gasteiger partial charge in [-0.2, -0.15) is 0 Å². The summed E-state index contributed by atoms with van der Waals surface area (Å²) in [6, 6.07) is 7.45. The minimum Gasteiger partial charge on any atom is -0.461 e. The van der Waals surface area contributed by atoms with Crippen molar-refractivity contribution >= 4 is 28.6 Å². The summed E-state index contributed by atoms with van der Waals surface area (Å²) in [6.45, 7) is 5.38. The third-order valence-electron chi connectivity index (χ3n) is 4.20. The van der Waals surface area contributed by atoms with Crippen LogP contribution in [-0.4, -0.2) is 28.9 Å². The monoisotopic (exact) mass is 331 g/mol. The third-order valence-corrected chi connectivity index (χ3v) is 4.20. The lowest BCUT2D eigenvalue weighted by atomic mass is 9.89. The molecule has 1 saturated heterocycles. The number of fused-ring (bicyclic) bond motifs is 1. The summed E-state index contributed by atoms with van der Waals surface area (Å²) < 4.78 is 10.7. The number of aliphatic hydroxyl groups excluding tert-OH is 1. The molecule has 2 unspecified atom stereocenters. The Morgan fingerprint density at radius 1 is 1.46 bits per heavy atom. The Labute approximate surface area is 139 Å². The number of benzene rings is 1. The number of nitrogens with one attached hydrogen (secondary N) is 1. The van der Waals surface area contributed by atoms with E-state index in [0.717, 1.165) is 22.4 Å². The van der Waals surface area contributed by atoms with Gasteiger partial charge in [-0.15, -0.1) is 0 Å². The second kappa shape index (κ2) is 5.83. The zero-order valence-electron chi connectivity index (χ0n) is 13.9. The molecule has 1 fully saturated rings. The van der Waals surface area contributed by atoms with E-state index < -0.39 is 17.7 Å². The summed E-state index contributed by atoms with van der Waals surface area (Å²) in [7, 11) is 0. The van der Waals surface area contributed by atoms with E-state index in [4.69, 9.17) is 14.9 Å². The van der Waals surface area contributed by atoms with Crippen LogP contribution in [0.2, 0.25) is 0 Å². The van der Waals surface area contributed by atoms with Gasteiger partial charge in [-0.3, -0.25) is 4.79 Å². The summed E-state index contributed by atoms with van der Waals surface area (Å²) in [5.41, 5.74) is 6.63. The number of furan rings is 1. The lowest BCUT2D eigenvalue weighted by Crippen LogP contribution is -2.37. The van der Waals surface area contributed by atoms with E-state index >= 15 is 0 Å². The maximum atomic E-state index is 11.4. The van der Waals surface area contributed by atoms with Gasteiger partial charge < -0.3 is 25.3 Å². The molecule has 0 radical (unpaired) electrons. The molecule has 1 aliphatic rings. The van der Waals surface area contributed by atoms with Crippen LogP contribution in [-0.2, 0) is 9.53 Å². The number of hydrogen-bond donors (Lipinski definition) is 3. The molecule has 0 aliphatic carbocycles. The molecule has 2 atom stereocenters. The lowest BCUT2D eigenvalue weighted by Gasteiger charge is -2.26. The van der Waals surface area contributed by atoms with E-state index in [0.29, 0.717) is 0 Å². The molecule has 3 rings (SSSR count). The van der Waals surface area contributed by atoms with Crippen LogP contribution in [0.15, 0.2) is 33.7 Å². The van der Waals surface area contributed by atoms with E-state index in [2.05, 4.69) is 10.3 Å². The van der Waals surface area contributed by atoms with Gasteiger partial charge in [0.05, 0.1) is 12.3 Å². The summed E-state index contributed by atoms with van der Waals surface area (Å²) >= 11 is 0. The van der Waals surface area contributed by atoms with Crippen molar-refractivity contribution in [3.05, 3.63) is 30.0 Å². The fourth-order valence-electron chi connectivity index (χ4n) is 2.97. The van der Waals surface area contributed by atoms with Crippen LogP contribution in [0.25, 0.3) is 11.0 Å². The van der Waals surface area contributed by atoms with Crippen LogP contribution in [0.3, 0.4) is 0 Å². The Kier molecular flexibility index (Phi) is 3.96. The Morgan fingerprint density at radius 2 is 2.21 bits per heavy atom. The average molecular weight is 331 g/mol. The minimum absolute atomic E-state index is 0.0669. The smallest absolute Gasteiger partial charge is 0.306 e. The normalized spacial score (nSPS) is 21.8. The van der Waals surface area contributed by atoms with Crippen molar-refractivity contribution in [1.29, 1.82) is 0 Å². The Bertz CT molecular complexity index is 809. The van der Waals surface area contributed by atoms with E-state index in [1.807, 2.05) is 31.2 Å². The number of aliphatic hydroxyl groups is 1. The van der Waals surface area contributed by atoms with Gasteiger partial charge >= 0.3 is 5.97 Å². The molecule has 0 bridgehead atoms. The zero-order valence-corrected chi connectivity index (χ0v) is 13.9. The van der Waals surface area contributed by atoms with Crippen LogP contribution in [0.1, 0.15) is 26.0 Å². The molecule has 7 nitrogen and oxygen atoms in total. The van der Waals surface area contributed by atoms with Crippen molar-refractivity contribution < 1.29 is 19.1 Å². The van der Waals surface area contributed by atoms with E-state index in [-0.39, 0.29) is 18.3 Å². The van der Waals surface area contributed by atoms with Gasteiger partial charge in [0.2, 0.25) is 0 Å². The predicted molar refractivity (Wildman–Crippen MR) is 90.5 cm³/mol. The molecule has 1 aliphatic heterocycles. The van der Waals surface area contributed by atoms with Crippen molar-refractivity contribution in [1.82, 2.24) is 0 Å². The number of aliphatic imine (C=N–C) groups is 1. The van der Waals surface area contributed by atoms with Gasteiger partial charge in [0.1, 0.15) is 16.9 Å². The van der Waals surface area contributed by atoms with Crippen LogP contribution >= 0.6 is 0 Å². The summed E-state index contributed by atoms with van der Waals surface area (Å²) in [6.07, 6.45) is -1.01. The fraction of sp³-hybridized carbons (Fsp3) is 0.412. The number of carbonyl (C=O) groups excluding carboxylic acids is 1. The third kappa shape index (κ3) is 3.21. The molecule has 7 heteroatoms. The average Bonchev–Trinajstić information content (AvgIpc) is 2.95. The first-order valence-electron chi connectivity index (χ1n) is 7.75. The predicted octanol–water partition coefficient (Wildman–Crippen LogP) is 2.13. The fourth-order valence-corrected chi connectivity index (χ4v) is 2.97. The van der Waals surface area contributed by atoms with Gasteiger partial charge in [-0.1, -0.05) is 0 Å². The first-order valence-corrected chi connectivity index (χ1v) is 7.75. The highest BCUT2D eigenvalue weighted by Crippen LogP contribution is 2.35. The Hall–Kier alpha value is -2.54. The highest BCUT2D eigenvalue weighted by atomic mass is 16.6. The quantitative estimate of drug-likeness (QED) is 0.451. The molecule has 0 amide bonds. The molecule has 2 aromatic rings. The molecule has 128 valence electrons. The number of anilines is 1. The summed E-state index contributed by atoms with van der Waals surface area (Å²) in [4.78, 5) is 15.5. The first kappa shape index (κ1) is 16.3. The van der Waals surface area contributed by atoms with Crippen LogP contribution in [0.4, 0.5) is 5.69 Å². The minimum atomic E-state index is -1.13. The van der Waals surface area contributed by atoms with Crippen LogP contribution < -0.4 is 11.1 Å². The van der Waals surface area contributed by atoms with Crippen molar-refractivity contribution in [3.63, 3.8) is 0 Å². The topological polar surface area (TPSA) is 110 Å². The Balaban J connectivity index is 1.74. The second-order valence-corrected chi connectivity index (χ2v) is 6.55. The molecule has 1 aromatic carbocycles. The number of ether oxygens (including phenoxy) is 1. The highest BCUT2D eigenvalue weighted by Gasteiger charge is 2.45. The van der Waals surface area contributed by atoms with Gasteiger partial charge in [-0.05, 0) is 45.0 Å². The van der Waals surface area contributed by atoms with Crippen molar-refractivity contribution in [2.45, 2.75) is 39.0 Å². The lowest BCUT2D eigenvalue weighted by molar-refractivity contribution is -0.147. The van der Waals surface area contributed by atoms with Crippen molar-refractivity contribution in [3.8, 4) is 0 Å². The maximum absolute atomic E-state index is 11.4. The van der Waals surface area contributed by atoms with Crippen LogP contribution in [0.5, 0.6) is 0 Å². The van der Waals surface area contributed by atoms with E-state index in [9.17, 15) is 9.90 Å². The maximum Gasteiger partial charge on any atom is 0.306 e. The van der Waals surface area contributed by atoms with Gasteiger partial charge in [0, 0.05) is 11.1 Å². The molecule has 4 N–H and O–H groups in total. The second-order valence-electron chi connectivity index (χ2n) is 6.55. The number of cyclic esters (lactones) is 1.